The molecule has 1 aliphatic rings. The van der Waals surface area contributed by atoms with Gasteiger partial charge in [0.1, 0.15) is 0 Å². The van der Waals surface area contributed by atoms with E-state index in [1.165, 1.54) is 0 Å². The van der Waals surface area contributed by atoms with Crippen molar-refractivity contribution >= 4 is 27.8 Å². The van der Waals surface area contributed by atoms with E-state index in [-0.39, 0.29) is 5.91 Å². The Hall–Kier alpha value is -1.04. The minimum Gasteiger partial charge on any atom is -0.357 e. The SMILES string of the molecule is C=C(Br)CN=C(NCC)N1CCN(C(C)=O)CC1. The predicted molar refractivity (Wildman–Crippen MR) is 77.9 cm³/mol. The zero-order valence-corrected chi connectivity index (χ0v) is 12.7. The van der Waals surface area contributed by atoms with Gasteiger partial charge in [0.25, 0.3) is 0 Å². The standard InChI is InChI=1S/C12H21BrN4O/c1-4-14-12(15-9-10(2)13)17-7-5-16(6-8-17)11(3)18/h2,4-9H2,1,3H3,(H,14,15). The Morgan fingerprint density at radius 1 is 1.33 bits per heavy atom. The van der Waals surface area contributed by atoms with Crippen LogP contribution < -0.4 is 5.32 Å². The molecule has 1 fully saturated rings. The third-order valence-electron chi connectivity index (χ3n) is 2.76. The minimum absolute atomic E-state index is 0.144. The number of halogens is 1. The molecule has 0 atom stereocenters. The van der Waals surface area contributed by atoms with Crippen LogP contribution in [0.15, 0.2) is 16.1 Å². The van der Waals surface area contributed by atoms with Gasteiger partial charge in [0.15, 0.2) is 5.96 Å². The van der Waals surface area contributed by atoms with Crippen LogP contribution in [0.3, 0.4) is 0 Å². The number of piperazine rings is 1. The molecular formula is C12H21BrN4O. The molecule has 0 aromatic carbocycles. The molecule has 1 amide bonds. The minimum atomic E-state index is 0.144. The van der Waals surface area contributed by atoms with Crippen molar-refractivity contribution in [2.24, 2.45) is 4.99 Å². The van der Waals surface area contributed by atoms with Crippen LogP contribution >= 0.6 is 15.9 Å². The lowest BCUT2D eigenvalue weighted by Crippen LogP contribution is -2.53. The molecule has 1 aliphatic heterocycles. The maximum atomic E-state index is 11.3. The van der Waals surface area contributed by atoms with Gasteiger partial charge < -0.3 is 15.1 Å². The van der Waals surface area contributed by atoms with E-state index in [9.17, 15) is 4.79 Å². The molecule has 0 spiro atoms. The second kappa shape index (κ2) is 7.41. The first-order valence-electron chi connectivity index (χ1n) is 6.16. The van der Waals surface area contributed by atoms with Crippen molar-refractivity contribution in [1.82, 2.24) is 15.1 Å². The highest BCUT2D eigenvalue weighted by molar-refractivity contribution is 9.11. The third kappa shape index (κ3) is 4.68. The van der Waals surface area contributed by atoms with Crippen molar-refractivity contribution in [3.63, 3.8) is 0 Å². The second-order valence-corrected chi connectivity index (χ2v) is 5.30. The van der Waals surface area contributed by atoms with Crippen molar-refractivity contribution in [2.75, 3.05) is 39.3 Å². The van der Waals surface area contributed by atoms with E-state index in [0.717, 1.165) is 43.2 Å². The van der Waals surface area contributed by atoms with Crippen molar-refractivity contribution in [3.05, 3.63) is 11.1 Å². The summed E-state index contributed by atoms with van der Waals surface area (Å²) in [5.41, 5.74) is 0. The Bertz CT molecular complexity index is 335. The van der Waals surface area contributed by atoms with Gasteiger partial charge in [-0.05, 0) is 6.92 Å². The Balaban J connectivity index is 2.57. The van der Waals surface area contributed by atoms with E-state index >= 15 is 0 Å². The third-order valence-corrected chi connectivity index (χ3v) is 3.01. The van der Waals surface area contributed by atoms with Crippen LogP contribution in [0.25, 0.3) is 0 Å². The molecule has 0 saturated carbocycles. The largest absolute Gasteiger partial charge is 0.357 e. The van der Waals surface area contributed by atoms with Crippen LogP contribution in [0.5, 0.6) is 0 Å². The quantitative estimate of drug-likeness (QED) is 0.625. The van der Waals surface area contributed by atoms with E-state index < -0.39 is 0 Å². The fourth-order valence-corrected chi connectivity index (χ4v) is 1.95. The summed E-state index contributed by atoms with van der Waals surface area (Å²) < 4.78 is 0.861. The first kappa shape index (κ1) is 15.0. The van der Waals surface area contributed by atoms with Crippen LogP contribution in [0.4, 0.5) is 0 Å². The maximum absolute atomic E-state index is 11.3. The number of aliphatic imine (C=N–C) groups is 1. The summed E-state index contributed by atoms with van der Waals surface area (Å²) in [6.07, 6.45) is 0. The smallest absolute Gasteiger partial charge is 0.219 e. The molecule has 0 aromatic heterocycles. The molecule has 0 bridgehead atoms. The number of amides is 1. The lowest BCUT2D eigenvalue weighted by atomic mass is 10.3. The normalized spacial score (nSPS) is 16.7. The number of nitrogens with one attached hydrogen (secondary N) is 1. The Morgan fingerprint density at radius 3 is 2.33 bits per heavy atom. The average Bonchev–Trinajstić information content (AvgIpc) is 2.34. The fourth-order valence-electron chi connectivity index (χ4n) is 1.82. The number of hydrogen-bond acceptors (Lipinski definition) is 2. The topological polar surface area (TPSA) is 47.9 Å². The summed E-state index contributed by atoms with van der Waals surface area (Å²) >= 11 is 3.31. The molecule has 18 heavy (non-hydrogen) atoms. The van der Waals surface area contributed by atoms with Gasteiger partial charge in [0.2, 0.25) is 5.91 Å². The summed E-state index contributed by atoms with van der Waals surface area (Å²) in [6.45, 7) is 12.0. The molecule has 0 aromatic rings. The van der Waals surface area contributed by atoms with E-state index in [4.69, 9.17) is 0 Å². The van der Waals surface area contributed by atoms with Crippen molar-refractivity contribution in [2.45, 2.75) is 13.8 Å². The zero-order chi connectivity index (χ0) is 13.5. The van der Waals surface area contributed by atoms with E-state index in [2.05, 4.69) is 37.7 Å². The summed E-state index contributed by atoms with van der Waals surface area (Å²) in [5, 5.41) is 3.26. The van der Waals surface area contributed by atoms with Crippen LogP contribution in [0, 0.1) is 0 Å². The summed E-state index contributed by atoms with van der Waals surface area (Å²) in [4.78, 5) is 19.8. The van der Waals surface area contributed by atoms with E-state index in [1.807, 2.05) is 11.8 Å². The lowest BCUT2D eigenvalue weighted by molar-refractivity contribution is -0.130. The van der Waals surface area contributed by atoms with Gasteiger partial charge in [-0.3, -0.25) is 4.79 Å². The highest BCUT2D eigenvalue weighted by Crippen LogP contribution is 2.05. The van der Waals surface area contributed by atoms with Gasteiger partial charge in [-0.15, -0.1) is 0 Å². The van der Waals surface area contributed by atoms with Crippen molar-refractivity contribution < 1.29 is 4.79 Å². The highest BCUT2D eigenvalue weighted by Gasteiger charge is 2.20. The molecule has 5 nitrogen and oxygen atoms in total. The van der Waals surface area contributed by atoms with Gasteiger partial charge in [0.05, 0.1) is 6.54 Å². The highest BCUT2D eigenvalue weighted by atomic mass is 79.9. The average molecular weight is 317 g/mol. The Kier molecular flexibility index (Phi) is 6.18. The van der Waals surface area contributed by atoms with Crippen LogP contribution in [-0.4, -0.2) is 60.9 Å². The van der Waals surface area contributed by atoms with Gasteiger partial charge in [-0.1, -0.05) is 22.5 Å². The van der Waals surface area contributed by atoms with Gasteiger partial charge in [-0.2, -0.15) is 0 Å². The molecule has 0 aliphatic carbocycles. The number of hydrogen-bond donors (Lipinski definition) is 1. The van der Waals surface area contributed by atoms with Gasteiger partial charge in [-0.25, -0.2) is 4.99 Å². The molecule has 1 heterocycles. The molecular weight excluding hydrogens is 296 g/mol. The molecule has 0 unspecified atom stereocenters. The molecule has 1 N–H and O–H groups in total. The van der Waals surface area contributed by atoms with Crippen LogP contribution in [-0.2, 0) is 4.79 Å². The first-order valence-corrected chi connectivity index (χ1v) is 6.96. The fraction of sp³-hybridized carbons (Fsp3) is 0.667. The number of guanidine groups is 1. The molecule has 6 heteroatoms. The molecule has 0 radical (unpaired) electrons. The molecule has 1 rings (SSSR count). The number of carbonyl (C=O) groups is 1. The zero-order valence-electron chi connectivity index (χ0n) is 11.1. The predicted octanol–water partition coefficient (Wildman–Crippen LogP) is 1.02. The maximum Gasteiger partial charge on any atom is 0.219 e. The summed E-state index contributed by atoms with van der Waals surface area (Å²) in [6, 6.07) is 0. The van der Waals surface area contributed by atoms with Gasteiger partial charge >= 0.3 is 0 Å². The van der Waals surface area contributed by atoms with E-state index in [1.54, 1.807) is 6.92 Å². The van der Waals surface area contributed by atoms with Gasteiger partial charge in [0, 0.05) is 44.1 Å². The van der Waals surface area contributed by atoms with Crippen molar-refractivity contribution in [3.8, 4) is 0 Å². The van der Waals surface area contributed by atoms with Crippen molar-refractivity contribution in [1.29, 1.82) is 0 Å². The monoisotopic (exact) mass is 316 g/mol. The Morgan fingerprint density at radius 2 is 1.89 bits per heavy atom. The summed E-state index contributed by atoms with van der Waals surface area (Å²) in [7, 11) is 0. The molecule has 102 valence electrons. The van der Waals surface area contributed by atoms with Crippen LogP contribution in [0.2, 0.25) is 0 Å². The first-order chi connectivity index (χ1) is 8.54. The number of nitrogens with zero attached hydrogens (tertiary/aromatic N) is 3. The molecule has 1 saturated heterocycles. The Labute approximate surface area is 117 Å². The number of rotatable bonds is 3. The summed E-state index contributed by atoms with van der Waals surface area (Å²) in [5.74, 6) is 1.03. The van der Waals surface area contributed by atoms with E-state index in [0.29, 0.717) is 6.54 Å². The number of carbonyl (C=O) groups excluding carboxylic acids is 1. The van der Waals surface area contributed by atoms with Crippen LogP contribution in [0.1, 0.15) is 13.8 Å². The second-order valence-electron chi connectivity index (χ2n) is 4.18. The lowest BCUT2D eigenvalue weighted by Gasteiger charge is -2.36.